The molecule has 0 bridgehead atoms. The van der Waals surface area contributed by atoms with Crippen LogP contribution in [0, 0.1) is 0 Å². The van der Waals surface area contributed by atoms with Crippen LogP contribution < -0.4 is 11.1 Å². The molecule has 0 fully saturated rings. The Labute approximate surface area is 166 Å². The fourth-order valence-corrected chi connectivity index (χ4v) is 3.23. The fourth-order valence-electron chi connectivity index (χ4n) is 2.48. The third kappa shape index (κ3) is 5.03. The number of benzene rings is 1. The van der Waals surface area contributed by atoms with Crippen molar-refractivity contribution in [2.24, 2.45) is 0 Å². The number of carbonyl (C=O) groups excluding carboxylic acids is 1. The summed E-state index contributed by atoms with van der Waals surface area (Å²) in [4.78, 5) is 21.0. The van der Waals surface area contributed by atoms with Gasteiger partial charge in [-0.2, -0.15) is 0 Å². The molecule has 0 saturated heterocycles. The van der Waals surface area contributed by atoms with Crippen LogP contribution in [0.2, 0.25) is 5.02 Å². The molecule has 0 spiro atoms. The summed E-state index contributed by atoms with van der Waals surface area (Å²) < 4.78 is 5.74. The Morgan fingerprint density at radius 1 is 1.22 bits per heavy atom. The number of halogens is 1. The van der Waals surface area contributed by atoms with E-state index in [0.717, 1.165) is 11.1 Å². The van der Waals surface area contributed by atoms with Crippen molar-refractivity contribution in [3.8, 4) is 11.1 Å². The van der Waals surface area contributed by atoms with Crippen molar-refractivity contribution in [2.75, 3.05) is 11.1 Å². The van der Waals surface area contributed by atoms with E-state index in [2.05, 4.69) is 15.3 Å². The normalized spacial score (nSPS) is 12.1. The maximum Gasteiger partial charge on any atom is 0.259 e. The van der Waals surface area contributed by atoms with Crippen molar-refractivity contribution in [3.05, 3.63) is 58.8 Å². The molecule has 6 nitrogen and oxygen atoms in total. The molecule has 0 aliphatic rings. The first-order chi connectivity index (χ1) is 12.9. The lowest BCUT2D eigenvalue weighted by Gasteiger charge is -2.18. The van der Waals surface area contributed by atoms with Gasteiger partial charge in [0.25, 0.3) is 5.91 Å². The highest BCUT2D eigenvalue weighted by Gasteiger charge is 2.25. The van der Waals surface area contributed by atoms with Crippen molar-refractivity contribution in [1.29, 1.82) is 0 Å². The minimum Gasteiger partial charge on any atom is -0.375 e. The lowest BCUT2D eigenvalue weighted by molar-refractivity contribution is -0.130. The molecule has 0 saturated carbocycles. The summed E-state index contributed by atoms with van der Waals surface area (Å²) in [6.07, 6.45) is 2.36. The number of nitrogens with zero attached hydrogens (tertiary/aromatic N) is 2. The fraction of sp³-hybridized carbons (Fsp3) is 0.211. The predicted molar refractivity (Wildman–Crippen MR) is 109 cm³/mol. The van der Waals surface area contributed by atoms with Gasteiger partial charge in [0.1, 0.15) is 0 Å². The standard InChI is InChI=1S/C19H19ClN4O2S/c1-11(2)26-17(16-10-27-19(21)24-16)18(25)23-15-5-3-12(4-6-15)13-7-14(20)9-22-8-13/h3-11,17H,1-2H3,(H2,21,24)(H,23,25). The summed E-state index contributed by atoms with van der Waals surface area (Å²) in [5.41, 5.74) is 8.70. The van der Waals surface area contributed by atoms with E-state index in [1.807, 2.05) is 44.2 Å². The highest BCUT2D eigenvalue weighted by molar-refractivity contribution is 7.13. The average molecular weight is 403 g/mol. The molecule has 2 aromatic heterocycles. The maximum atomic E-state index is 12.7. The Morgan fingerprint density at radius 2 is 1.96 bits per heavy atom. The van der Waals surface area contributed by atoms with Gasteiger partial charge in [-0.3, -0.25) is 9.78 Å². The number of ether oxygens (including phenoxy) is 1. The van der Waals surface area contributed by atoms with Crippen molar-refractivity contribution in [1.82, 2.24) is 9.97 Å². The van der Waals surface area contributed by atoms with E-state index < -0.39 is 6.10 Å². The second-order valence-corrected chi connectivity index (χ2v) is 7.46. The van der Waals surface area contributed by atoms with Crippen molar-refractivity contribution in [3.63, 3.8) is 0 Å². The van der Waals surface area contributed by atoms with Crippen molar-refractivity contribution >= 4 is 39.7 Å². The summed E-state index contributed by atoms with van der Waals surface area (Å²) in [5.74, 6) is -0.300. The molecule has 0 aliphatic heterocycles. The van der Waals surface area contributed by atoms with Gasteiger partial charge in [-0.25, -0.2) is 4.98 Å². The number of carbonyl (C=O) groups is 1. The first-order valence-corrected chi connectivity index (χ1v) is 9.56. The van der Waals surface area contributed by atoms with Gasteiger partial charge in [-0.1, -0.05) is 23.7 Å². The molecular weight excluding hydrogens is 384 g/mol. The van der Waals surface area contributed by atoms with Gasteiger partial charge in [0, 0.05) is 29.0 Å². The Hall–Kier alpha value is -2.48. The molecule has 1 unspecified atom stereocenters. The first-order valence-electron chi connectivity index (χ1n) is 8.30. The van der Waals surface area contributed by atoms with Gasteiger partial charge in [0.05, 0.1) is 16.8 Å². The van der Waals surface area contributed by atoms with Crippen LogP contribution in [0.25, 0.3) is 11.1 Å². The lowest BCUT2D eigenvalue weighted by Crippen LogP contribution is -2.26. The van der Waals surface area contributed by atoms with Crippen LogP contribution >= 0.6 is 22.9 Å². The molecule has 1 amide bonds. The Balaban J connectivity index is 1.75. The second kappa shape index (κ2) is 8.47. The average Bonchev–Trinajstić information content (AvgIpc) is 3.06. The van der Waals surface area contributed by atoms with E-state index in [1.165, 1.54) is 11.3 Å². The van der Waals surface area contributed by atoms with E-state index >= 15 is 0 Å². The number of pyridine rings is 1. The van der Waals surface area contributed by atoms with Crippen LogP contribution in [0.4, 0.5) is 10.8 Å². The third-order valence-corrected chi connectivity index (χ3v) is 4.54. The van der Waals surface area contributed by atoms with Gasteiger partial charge < -0.3 is 15.8 Å². The summed E-state index contributed by atoms with van der Waals surface area (Å²) in [7, 11) is 0. The zero-order valence-corrected chi connectivity index (χ0v) is 16.4. The molecular formula is C19H19ClN4O2S. The second-order valence-electron chi connectivity index (χ2n) is 6.13. The van der Waals surface area contributed by atoms with Crippen LogP contribution in [-0.2, 0) is 9.53 Å². The Morgan fingerprint density at radius 3 is 2.56 bits per heavy atom. The summed E-state index contributed by atoms with van der Waals surface area (Å²) >= 11 is 7.26. The summed E-state index contributed by atoms with van der Waals surface area (Å²) in [5, 5.41) is 5.56. The molecule has 8 heteroatoms. The molecule has 27 heavy (non-hydrogen) atoms. The quantitative estimate of drug-likeness (QED) is 0.631. The Kier molecular flexibility index (Phi) is 6.05. The number of hydrogen-bond donors (Lipinski definition) is 2. The molecule has 3 N–H and O–H groups in total. The molecule has 3 rings (SSSR count). The molecule has 2 heterocycles. The molecule has 140 valence electrons. The first kappa shape index (κ1) is 19.3. The topological polar surface area (TPSA) is 90.1 Å². The molecule has 1 aromatic carbocycles. The number of nitrogen functional groups attached to an aromatic ring is 1. The number of anilines is 2. The Bertz CT molecular complexity index is 927. The van der Waals surface area contributed by atoms with Gasteiger partial charge in [0.15, 0.2) is 11.2 Å². The van der Waals surface area contributed by atoms with E-state index in [1.54, 1.807) is 17.8 Å². The number of rotatable bonds is 6. The number of nitrogens with two attached hydrogens (primary N) is 1. The zero-order chi connectivity index (χ0) is 19.4. The minimum atomic E-state index is -0.824. The van der Waals surface area contributed by atoms with E-state index in [9.17, 15) is 4.79 Å². The number of aromatic nitrogens is 2. The highest BCUT2D eigenvalue weighted by atomic mass is 35.5. The van der Waals surface area contributed by atoms with Gasteiger partial charge in [0.2, 0.25) is 0 Å². The number of nitrogens with one attached hydrogen (secondary N) is 1. The zero-order valence-electron chi connectivity index (χ0n) is 14.8. The van der Waals surface area contributed by atoms with E-state index in [4.69, 9.17) is 22.1 Å². The highest BCUT2D eigenvalue weighted by Crippen LogP contribution is 2.26. The SMILES string of the molecule is CC(C)OC(C(=O)Nc1ccc(-c2cncc(Cl)c2)cc1)c1csc(N)n1. The molecule has 0 aliphatic carbocycles. The number of amides is 1. The smallest absolute Gasteiger partial charge is 0.259 e. The summed E-state index contributed by atoms with van der Waals surface area (Å²) in [6.45, 7) is 3.73. The monoisotopic (exact) mass is 402 g/mol. The van der Waals surface area contributed by atoms with Gasteiger partial charge in [-0.05, 0) is 37.6 Å². The van der Waals surface area contributed by atoms with Crippen LogP contribution in [0.3, 0.4) is 0 Å². The summed E-state index contributed by atoms with van der Waals surface area (Å²) in [6, 6.07) is 9.25. The number of thiazole rings is 1. The van der Waals surface area contributed by atoms with Gasteiger partial charge >= 0.3 is 0 Å². The molecule has 3 aromatic rings. The third-order valence-electron chi connectivity index (χ3n) is 3.65. The van der Waals surface area contributed by atoms with Crippen LogP contribution in [-0.4, -0.2) is 22.0 Å². The minimum absolute atomic E-state index is 0.138. The van der Waals surface area contributed by atoms with Crippen LogP contribution in [0.5, 0.6) is 0 Å². The number of hydrogen-bond acceptors (Lipinski definition) is 6. The van der Waals surface area contributed by atoms with E-state index in [0.29, 0.717) is 21.5 Å². The van der Waals surface area contributed by atoms with Crippen molar-refractivity contribution in [2.45, 2.75) is 26.1 Å². The van der Waals surface area contributed by atoms with Gasteiger partial charge in [-0.15, -0.1) is 11.3 Å². The van der Waals surface area contributed by atoms with Crippen LogP contribution in [0.15, 0.2) is 48.1 Å². The lowest BCUT2D eigenvalue weighted by atomic mass is 10.1. The predicted octanol–water partition coefficient (Wildman–Crippen LogP) is 4.55. The van der Waals surface area contributed by atoms with Crippen LogP contribution in [0.1, 0.15) is 25.6 Å². The molecule has 0 radical (unpaired) electrons. The largest absolute Gasteiger partial charge is 0.375 e. The molecule has 1 atom stereocenters. The van der Waals surface area contributed by atoms with Crippen molar-refractivity contribution < 1.29 is 9.53 Å². The maximum absolute atomic E-state index is 12.7. The van der Waals surface area contributed by atoms with E-state index in [-0.39, 0.29) is 12.0 Å².